The Hall–Kier alpha value is -2.71. The Morgan fingerprint density at radius 2 is 2.17 bits per heavy atom. The Kier molecular flexibility index (Phi) is 4.55. The molecule has 1 aromatic heterocycles. The van der Waals surface area contributed by atoms with E-state index < -0.39 is 17.9 Å². The first-order valence-electron chi connectivity index (χ1n) is 4.81. The molecule has 1 heterocycles. The van der Waals surface area contributed by atoms with Gasteiger partial charge >= 0.3 is 12.0 Å². The summed E-state index contributed by atoms with van der Waals surface area (Å²) in [5, 5.41) is 16.4. The highest BCUT2D eigenvalue weighted by molar-refractivity contribution is 6.02. The zero-order valence-electron chi connectivity index (χ0n) is 9.45. The molecule has 0 aliphatic carbocycles. The number of carbonyl (C=O) groups is 3. The summed E-state index contributed by atoms with van der Waals surface area (Å²) in [6, 6.07) is -0.762. The highest BCUT2D eigenvalue weighted by atomic mass is 16.4. The maximum atomic E-state index is 11.2. The van der Waals surface area contributed by atoms with Crippen LogP contribution in [0.15, 0.2) is 18.5 Å². The first-order valence-corrected chi connectivity index (χ1v) is 4.81. The average Bonchev–Trinajstić information content (AvgIpc) is 2.70. The lowest BCUT2D eigenvalue weighted by Crippen LogP contribution is -2.38. The summed E-state index contributed by atoms with van der Waals surface area (Å²) in [6.45, 7) is 0.0581. The molecule has 0 unspecified atom stereocenters. The van der Waals surface area contributed by atoms with E-state index in [-0.39, 0.29) is 6.54 Å². The van der Waals surface area contributed by atoms with Crippen molar-refractivity contribution in [3.8, 4) is 0 Å². The van der Waals surface area contributed by atoms with Gasteiger partial charge in [0.15, 0.2) is 5.82 Å². The van der Waals surface area contributed by atoms with Crippen molar-refractivity contribution in [1.82, 2.24) is 25.4 Å². The lowest BCUT2D eigenvalue weighted by atomic mass is 10.5. The van der Waals surface area contributed by atoms with Crippen molar-refractivity contribution in [2.75, 3.05) is 0 Å². The number of carbonyl (C=O) groups excluding carboxylic acids is 2. The van der Waals surface area contributed by atoms with Crippen LogP contribution in [-0.4, -0.2) is 37.8 Å². The number of nitrogens with zero attached hydrogens (tertiary/aromatic N) is 3. The molecule has 0 saturated carbocycles. The molecule has 0 aromatic carbocycles. The second-order valence-electron chi connectivity index (χ2n) is 3.18. The number of urea groups is 1. The second-order valence-corrected chi connectivity index (χ2v) is 3.18. The van der Waals surface area contributed by atoms with Crippen molar-refractivity contribution in [3.05, 3.63) is 24.3 Å². The largest absolute Gasteiger partial charge is 0.478 e. The molecule has 0 saturated heterocycles. The number of carboxylic acids is 1. The quantitative estimate of drug-likeness (QED) is 0.577. The van der Waals surface area contributed by atoms with E-state index in [2.05, 4.69) is 15.4 Å². The average molecular weight is 253 g/mol. The van der Waals surface area contributed by atoms with Crippen LogP contribution in [0.25, 0.3) is 0 Å². The van der Waals surface area contributed by atoms with Crippen LogP contribution in [-0.2, 0) is 23.2 Å². The van der Waals surface area contributed by atoms with Gasteiger partial charge in [0.25, 0.3) is 5.91 Å². The van der Waals surface area contributed by atoms with Crippen molar-refractivity contribution in [3.63, 3.8) is 0 Å². The van der Waals surface area contributed by atoms with Gasteiger partial charge in [-0.1, -0.05) is 0 Å². The number of carboxylic acid groups (broad SMARTS) is 1. The summed E-state index contributed by atoms with van der Waals surface area (Å²) in [6.07, 6.45) is 2.83. The Morgan fingerprint density at radius 1 is 1.44 bits per heavy atom. The number of aromatic nitrogens is 3. The van der Waals surface area contributed by atoms with Crippen molar-refractivity contribution in [2.45, 2.75) is 6.54 Å². The topological polar surface area (TPSA) is 126 Å². The van der Waals surface area contributed by atoms with Gasteiger partial charge in [0.05, 0.1) is 6.54 Å². The fourth-order valence-corrected chi connectivity index (χ4v) is 0.969. The number of hydrogen-bond donors (Lipinski definition) is 3. The Morgan fingerprint density at radius 3 is 2.72 bits per heavy atom. The third kappa shape index (κ3) is 4.88. The van der Waals surface area contributed by atoms with E-state index in [1.165, 1.54) is 11.0 Å². The van der Waals surface area contributed by atoms with Crippen molar-refractivity contribution in [2.24, 2.45) is 7.05 Å². The van der Waals surface area contributed by atoms with Crippen LogP contribution in [0.3, 0.4) is 0 Å². The molecule has 96 valence electrons. The summed E-state index contributed by atoms with van der Waals surface area (Å²) in [7, 11) is 1.68. The first-order chi connectivity index (χ1) is 8.47. The second kappa shape index (κ2) is 6.13. The maximum Gasteiger partial charge on any atom is 0.328 e. The van der Waals surface area contributed by atoms with Crippen molar-refractivity contribution in [1.29, 1.82) is 0 Å². The summed E-state index contributed by atoms with van der Waals surface area (Å²) in [5.74, 6) is -1.71. The molecule has 0 fully saturated rings. The number of nitrogens with one attached hydrogen (secondary N) is 2. The third-order valence-corrected chi connectivity index (χ3v) is 1.67. The van der Waals surface area contributed by atoms with Crippen molar-refractivity contribution >= 4 is 17.9 Å². The van der Waals surface area contributed by atoms with E-state index in [0.717, 1.165) is 6.08 Å². The van der Waals surface area contributed by atoms with Crippen LogP contribution < -0.4 is 10.6 Å². The molecule has 0 bridgehead atoms. The zero-order chi connectivity index (χ0) is 13.5. The normalized spacial score (nSPS) is 10.3. The van der Waals surface area contributed by atoms with Gasteiger partial charge in [0.2, 0.25) is 0 Å². The number of imide groups is 1. The molecule has 1 rings (SSSR count). The number of aliphatic carboxylic acids is 1. The lowest BCUT2D eigenvalue weighted by molar-refractivity contribution is -0.131. The van der Waals surface area contributed by atoms with Crippen LogP contribution >= 0.6 is 0 Å². The van der Waals surface area contributed by atoms with Gasteiger partial charge in [-0.25, -0.2) is 14.6 Å². The summed E-state index contributed by atoms with van der Waals surface area (Å²) >= 11 is 0. The minimum Gasteiger partial charge on any atom is -0.478 e. The monoisotopic (exact) mass is 253 g/mol. The number of hydrogen-bond acceptors (Lipinski definition) is 5. The molecule has 0 spiro atoms. The predicted octanol–water partition coefficient (Wildman–Crippen LogP) is -1.22. The van der Waals surface area contributed by atoms with Gasteiger partial charge in [0, 0.05) is 19.2 Å². The minimum absolute atomic E-state index is 0.0581. The molecule has 18 heavy (non-hydrogen) atoms. The minimum atomic E-state index is -1.27. The molecule has 0 radical (unpaired) electrons. The molecule has 0 aliphatic rings. The molecule has 3 amide bonds. The highest BCUT2D eigenvalue weighted by Crippen LogP contribution is 1.86. The first kappa shape index (κ1) is 13.4. The van der Waals surface area contributed by atoms with Crippen LogP contribution in [0.5, 0.6) is 0 Å². The lowest BCUT2D eigenvalue weighted by Gasteiger charge is -2.01. The molecule has 0 aliphatic heterocycles. The molecule has 3 N–H and O–H groups in total. The van der Waals surface area contributed by atoms with Gasteiger partial charge in [-0.2, -0.15) is 5.10 Å². The Labute approximate surface area is 102 Å². The zero-order valence-corrected chi connectivity index (χ0v) is 9.45. The SMILES string of the molecule is Cn1cnc(CNC(=O)NC(=O)/C=C/C(=O)O)n1. The van der Waals surface area contributed by atoms with Crippen LogP contribution in [0.4, 0.5) is 4.79 Å². The molecule has 9 heteroatoms. The van der Waals surface area contributed by atoms with E-state index >= 15 is 0 Å². The van der Waals surface area contributed by atoms with Crippen LogP contribution in [0.1, 0.15) is 5.82 Å². The molecular weight excluding hydrogens is 242 g/mol. The van der Waals surface area contributed by atoms with Gasteiger partial charge in [-0.15, -0.1) is 0 Å². The summed E-state index contributed by atoms with van der Waals surface area (Å²) in [4.78, 5) is 36.2. The van der Waals surface area contributed by atoms with E-state index in [1.807, 2.05) is 5.32 Å². The summed E-state index contributed by atoms with van der Waals surface area (Å²) < 4.78 is 1.47. The van der Waals surface area contributed by atoms with E-state index in [9.17, 15) is 14.4 Å². The fraction of sp³-hybridized carbons (Fsp3) is 0.222. The standard InChI is InChI=1S/C9H11N5O4/c1-14-5-11-6(13-14)4-10-9(18)12-7(15)2-3-8(16)17/h2-3,5H,4H2,1H3,(H,16,17)(H2,10,12,15,18)/b3-2+. The van der Waals surface area contributed by atoms with E-state index in [1.54, 1.807) is 7.05 Å². The van der Waals surface area contributed by atoms with Gasteiger partial charge in [-0.05, 0) is 0 Å². The predicted molar refractivity (Wildman–Crippen MR) is 58.2 cm³/mol. The molecule has 0 atom stereocenters. The Bertz CT molecular complexity index is 493. The van der Waals surface area contributed by atoms with Gasteiger partial charge in [0.1, 0.15) is 6.33 Å². The van der Waals surface area contributed by atoms with E-state index in [4.69, 9.17) is 5.11 Å². The van der Waals surface area contributed by atoms with E-state index in [0.29, 0.717) is 11.9 Å². The Balaban J connectivity index is 2.33. The highest BCUT2D eigenvalue weighted by Gasteiger charge is 2.06. The number of amides is 3. The van der Waals surface area contributed by atoms with Gasteiger partial charge in [-0.3, -0.25) is 14.8 Å². The van der Waals surface area contributed by atoms with Crippen LogP contribution in [0.2, 0.25) is 0 Å². The molecule has 9 nitrogen and oxygen atoms in total. The number of aryl methyl sites for hydroxylation is 1. The molecule has 1 aromatic rings. The summed E-state index contributed by atoms with van der Waals surface area (Å²) in [5.41, 5.74) is 0. The van der Waals surface area contributed by atoms with Crippen molar-refractivity contribution < 1.29 is 19.5 Å². The smallest absolute Gasteiger partial charge is 0.328 e. The third-order valence-electron chi connectivity index (χ3n) is 1.67. The van der Waals surface area contributed by atoms with Crippen LogP contribution in [0, 0.1) is 0 Å². The fourth-order valence-electron chi connectivity index (χ4n) is 0.969. The maximum absolute atomic E-state index is 11.2. The number of rotatable bonds is 4. The molecular formula is C9H11N5O4. The van der Waals surface area contributed by atoms with Gasteiger partial charge < -0.3 is 10.4 Å².